The van der Waals surface area contributed by atoms with Gasteiger partial charge in [-0.1, -0.05) is 65.8 Å². The lowest BCUT2D eigenvalue weighted by Gasteiger charge is -2.45. The molecule has 0 spiro atoms. The fraction of sp³-hybridized carbons (Fsp3) is 0.400. The van der Waals surface area contributed by atoms with Crippen molar-refractivity contribution in [2.45, 2.75) is 43.6 Å². The van der Waals surface area contributed by atoms with Crippen molar-refractivity contribution in [1.82, 2.24) is 0 Å². The zero-order valence-corrected chi connectivity index (χ0v) is 15.0. The summed E-state index contributed by atoms with van der Waals surface area (Å²) in [6.07, 6.45) is -4.86. The van der Waals surface area contributed by atoms with Crippen molar-refractivity contribution < 1.29 is 23.3 Å². The Morgan fingerprint density at radius 3 is 2.50 bits per heavy atom. The second kappa shape index (κ2) is 8.68. The molecule has 2 fully saturated rings. The van der Waals surface area contributed by atoms with Gasteiger partial charge < -0.3 is 18.9 Å². The van der Waals surface area contributed by atoms with Crippen LogP contribution in [-0.4, -0.2) is 37.3 Å². The monoisotopic (exact) mass is 385 g/mol. The number of azide groups is 1. The molecule has 2 aliphatic heterocycles. The number of nitrogens with zero attached hydrogens (tertiary/aromatic N) is 3. The Hall–Kier alpha value is -2.48. The van der Waals surface area contributed by atoms with Crippen LogP contribution in [0.3, 0.4) is 0 Å². The summed E-state index contributed by atoms with van der Waals surface area (Å²) in [5.41, 5.74) is 10.6. The van der Waals surface area contributed by atoms with Crippen LogP contribution in [0.25, 0.3) is 10.4 Å². The third-order valence-corrected chi connectivity index (χ3v) is 4.80. The van der Waals surface area contributed by atoms with Gasteiger partial charge in [0.2, 0.25) is 0 Å². The third-order valence-electron chi connectivity index (χ3n) is 4.80. The lowest BCUT2D eigenvalue weighted by molar-refractivity contribution is -0.336. The Morgan fingerprint density at radius 2 is 1.79 bits per heavy atom. The highest BCUT2D eigenvalue weighted by molar-refractivity contribution is 5.17. The number of hydrogen-bond donors (Lipinski definition) is 0. The summed E-state index contributed by atoms with van der Waals surface area (Å²) in [5, 5.41) is 3.58. The summed E-state index contributed by atoms with van der Waals surface area (Å²) in [6, 6.07) is 17.6. The minimum Gasteiger partial charge on any atom is -0.347 e. The first-order chi connectivity index (χ1) is 13.8. The number of fused-ring (bicyclic) bond motifs is 1. The van der Waals surface area contributed by atoms with E-state index in [1.54, 1.807) is 0 Å². The molecule has 0 saturated carbocycles. The Labute approximate surface area is 161 Å². The lowest BCUT2D eigenvalue weighted by atomic mass is 9.97. The number of benzene rings is 2. The van der Waals surface area contributed by atoms with E-state index in [-0.39, 0.29) is 13.2 Å². The van der Waals surface area contributed by atoms with Crippen molar-refractivity contribution in [3.63, 3.8) is 0 Å². The van der Waals surface area contributed by atoms with E-state index >= 15 is 4.39 Å². The van der Waals surface area contributed by atoms with Gasteiger partial charge in [-0.25, -0.2) is 4.39 Å². The first kappa shape index (κ1) is 18.9. The second-order valence-electron chi connectivity index (χ2n) is 6.66. The van der Waals surface area contributed by atoms with Gasteiger partial charge in [-0.05, 0) is 11.1 Å². The molecule has 6 atom stereocenters. The van der Waals surface area contributed by atoms with E-state index in [1.807, 2.05) is 60.7 Å². The van der Waals surface area contributed by atoms with Gasteiger partial charge in [0.1, 0.15) is 24.4 Å². The summed E-state index contributed by atoms with van der Waals surface area (Å²) >= 11 is 0. The van der Waals surface area contributed by atoms with Gasteiger partial charge in [-0.3, -0.25) is 0 Å². The van der Waals surface area contributed by atoms with Crippen molar-refractivity contribution in [2.24, 2.45) is 5.11 Å². The van der Waals surface area contributed by atoms with Crippen LogP contribution in [0.1, 0.15) is 17.4 Å². The minimum absolute atomic E-state index is 0.152. The fourth-order valence-corrected chi connectivity index (χ4v) is 3.39. The molecule has 0 N–H and O–H groups in total. The number of halogens is 1. The van der Waals surface area contributed by atoms with Gasteiger partial charge in [0.15, 0.2) is 12.6 Å². The SMILES string of the molecule is [N-]=[N+]=N[C@@H]1[C@@H](OCc2ccccc2)O[C@@H]2COC(c3ccccc3)O[C@H]2[C@@H]1F. The van der Waals surface area contributed by atoms with Crippen LogP contribution >= 0.6 is 0 Å². The molecule has 2 aromatic carbocycles. The van der Waals surface area contributed by atoms with Gasteiger partial charge >= 0.3 is 0 Å². The van der Waals surface area contributed by atoms with Gasteiger partial charge in [-0.2, -0.15) is 0 Å². The molecule has 146 valence electrons. The molecule has 2 saturated heterocycles. The average molecular weight is 385 g/mol. The molecule has 7 nitrogen and oxygen atoms in total. The molecule has 2 aliphatic rings. The van der Waals surface area contributed by atoms with E-state index in [9.17, 15) is 0 Å². The van der Waals surface area contributed by atoms with Crippen LogP contribution < -0.4 is 0 Å². The van der Waals surface area contributed by atoms with Crippen LogP contribution in [0.15, 0.2) is 65.8 Å². The maximum atomic E-state index is 15.2. The highest BCUT2D eigenvalue weighted by Gasteiger charge is 2.50. The number of alkyl halides is 1. The Morgan fingerprint density at radius 1 is 1.07 bits per heavy atom. The molecule has 0 amide bonds. The minimum atomic E-state index is -1.58. The molecule has 0 aliphatic carbocycles. The summed E-state index contributed by atoms with van der Waals surface area (Å²) in [5.74, 6) is 0. The molecule has 28 heavy (non-hydrogen) atoms. The number of ether oxygens (including phenoxy) is 4. The maximum Gasteiger partial charge on any atom is 0.184 e. The molecule has 0 radical (unpaired) electrons. The molecular weight excluding hydrogens is 365 g/mol. The Bertz CT molecular complexity index is 819. The fourth-order valence-electron chi connectivity index (χ4n) is 3.39. The smallest absolute Gasteiger partial charge is 0.184 e. The van der Waals surface area contributed by atoms with Crippen molar-refractivity contribution in [3.8, 4) is 0 Å². The first-order valence-electron chi connectivity index (χ1n) is 9.07. The third kappa shape index (κ3) is 4.01. The van der Waals surface area contributed by atoms with Crippen LogP contribution in [0.5, 0.6) is 0 Å². The van der Waals surface area contributed by atoms with E-state index in [2.05, 4.69) is 10.0 Å². The summed E-state index contributed by atoms with van der Waals surface area (Å²) in [7, 11) is 0. The summed E-state index contributed by atoms with van der Waals surface area (Å²) < 4.78 is 38.3. The molecule has 0 bridgehead atoms. The maximum absolute atomic E-state index is 15.2. The second-order valence-corrected chi connectivity index (χ2v) is 6.66. The largest absolute Gasteiger partial charge is 0.347 e. The molecular formula is C20H20FN3O4. The molecule has 1 unspecified atom stereocenters. The van der Waals surface area contributed by atoms with Crippen LogP contribution in [0, 0.1) is 0 Å². The highest BCUT2D eigenvalue weighted by atomic mass is 19.1. The average Bonchev–Trinajstić information content (AvgIpc) is 2.76. The quantitative estimate of drug-likeness (QED) is 0.441. The van der Waals surface area contributed by atoms with Gasteiger partial charge in [0, 0.05) is 10.5 Å². The highest BCUT2D eigenvalue weighted by Crippen LogP contribution is 2.36. The van der Waals surface area contributed by atoms with Crippen molar-refractivity contribution in [3.05, 3.63) is 82.2 Å². The predicted molar refractivity (Wildman–Crippen MR) is 97.7 cm³/mol. The normalized spacial score (nSPS) is 32.2. The summed E-state index contributed by atoms with van der Waals surface area (Å²) in [6.45, 7) is 0.361. The van der Waals surface area contributed by atoms with Crippen molar-refractivity contribution in [2.75, 3.05) is 6.61 Å². The molecule has 0 aromatic heterocycles. The molecule has 4 rings (SSSR count). The van der Waals surface area contributed by atoms with E-state index in [4.69, 9.17) is 24.5 Å². The Balaban J connectivity index is 1.47. The van der Waals surface area contributed by atoms with Crippen LogP contribution in [0.2, 0.25) is 0 Å². The van der Waals surface area contributed by atoms with Gasteiger partial charge in [0.25, 0.3) is 0 Å². The Kier molecular flexibility index (Phi) is 5.85. The molecule has 2 aromatic rings. The predicted octanol–water partition coefficient (Wildman–Crippen LogP) is 4.06. The first-order valence-corrected chi connectivity index (χ1v) is 9.07. The standard InChI is InChI=1S/C20H20FN3O4/c21-16-17(23-24-22)20(25-11-13-7-3-1-4-8-13)27-15-12-26-19(28-18(15)16)14-9-5-2-6-10-14/h1-10,15-20H,11-12H2/t15-,16-,17+,18-,19?,20+/m1/s1. The molecule has 8 heteroatoms. The topological polar surface area (TPSA) is 85.7 Å². The van der Waals surface area contributed by atoms with Gasteiger partial charge in [0.05, 0.1) is 13.2 Å². The van der Waals surface area contributed by atoms with E-state index in [0.717, 1.165) is 11.1 Å². The van der Waals surface area contributed by atoms with Crippen LogP contribution in [-0.2, 0) is 25.6 Å². The van der Waals surface area contributed by atoms with Crippen molar-refractivity contribution >= 4 is 0 Å². The van der Waals surface area contributed by atoms with Gasteiger partial charge in [-0.15, -0.1) is 0 Å². The number of hydrogen-bond acceptors (Lipinski definition) is 5. The van der Waals surface area contributed by atoms with Crippen LogP contribution in [0.4, 0.5) is 4.39 Å². The zero-order valence-electron chi connectivity index (χ0n) is 15.0. The molecule has 2 heterocycles. The zero-order chi connectivity index (χ0) is 19.3. The van der Waals surface area contributed by atoms with E-state index in [0.29, 0.717) is 0 Å². The van der Waals surface area contributed by atoms with E-state index in [1.165, 1.54) is 0 Å². The van der Waals surface area contributed by atoms with Crippen molar-refractivity contribution in [1.29, 1.82) is 0 Å². The summed E-state index contributed by atoms with van der Waals surface area (Å²) in [4.78, 5) is 2.77. The lowest BCUT2D eigenvalue weighted by Crippen LogP contribution is -2.60. The number of rotatable bonds is 5. The van der Waals surface area contributed by atoms with E-state index < -0.39 is 37.0 Å².